The smallest absolute Gasteiger partial charge is 0.331 e. The molecule has 0 spiro atoms. The molecule has 33 heavy (non-hydrogen) atoms. The fourth-order valence-electron chi connectivity index (χ4n) is 4.31. The van der Waals surface area contributed by atoms with E-state index in [4.69, 9.17) is 21.7 Å². The molecule has 1 aliphatic heterocycles. The van der Waals surface area contributed by atoms with E-state index in [1.807, 2.05) is 0 Å². The Kier molecular flexibility index (Phi) is 10.2. The van der Waals surface area contributed by atoms with Crippen LogP contribution in [0.15, 0.2) is 22.7 Å². The van der Waals surface area contributed by atoms with E-state index in [-0.39, 0.29) is 29.0 Å². The van der Waals surface area contributed by atoms with Crippen LogP contribution in [0.1, 0.15) is 71.1 Å². The number of aliphatic carboxylic acids is 1. The third kappa shape index (κ3) is 6.50. The van der Waals surface area contributed by atoms with E-state index in [1.165, 1.54) is 19.1 Å². The van der Waals surface area contributed by atoms with Crippen molar-refractivity contribution in [3.8, 4) is 0 Å². The van der Waals surface area contributed by atoms with Gasteiger partial charge in [0.15, 0.2) is 6.04 Å². The summed E-state index contributed by atoms with van der Waals surface area (Å²) in [5.41, 5.74) is 0.920. The highest BCUT2D eigenvalue weighted by Crippen LogP contribution is 2.29. The highest BCUT2D eigenvalue weighted by atomic mass is 32.1. The highest BCUT2D eigenvalue weighted by molar-refractivity contribution is 7.80. The van der Waals surface area contributed by atoms with Crippen molar-refractivity contribution < 1.29 is 33.8 Å². The van der Waals surface area contributed by atoms with Crippen LogP contribution in [0, 0.1) is 0 Å². The lowest BCUT2D eigenvalue weighted by atomic mass is 9.89. The van der Waals surface area contributed by atoms with Crippen LogP contribution in [0.3, 0.4) is 0 Å². The Balaban J connectivity index is 1.63. The average Bonchev–Trinajstić information content (AvgIpc) is 3.18. The fourth-order valence-corrected chi connectivity index (χ4v) is 4.63. The summed E-state index contributed by atoms with van der Waals surface area (Å²) in [7, 11) is 2.71. The summed E-state index contributed by atoms with van der Waals surface area (Å²) in [5.74, 6) is -1.83. The normalized spacial score (nSPS) is 18.9. The number of ketones is 2. The molecule has 1 atom stereocenters. The Bertz CT molecular complexity index is 874. The molecule has 9 heteroatoms. The molecular weight excluding hydrogens is 446 g/mol. The monoisotopic (exact) mass is 479 g/mol. The Morgan fingerprint density at radius 3 is 2.09 bits per heavy atom. The standard InChI is InChI=1S/C24H33NO7S/c1-15-16(21(28)23(32-3)22(31-2)20(15)27)11-9-7-5-4-6-8-10-12-18(26)25-14-13-17(33)19(25)24(29)30/h19H,4-14H2,1-3H3,(H,29,30)/t19-/m0/s1. The number of methoxy groups -OCH3 is 2. The molecule has 0 radical (unpaired) electrons. The highest BCUT2D eigenvalue weighted by Gasteiger charge is 2.37. The zero-order chi connectivity index (χ0) is 24.5. The molecule has 1 aliphatic carbocycles. The number of Topliss-reactive ketones (excluding diaryl/α,β-unsaturated/α-hetero) is 2. The van der Waals surface area contributed by atoms with E-state index in [9.17, 15) is 24.3 Å². The van der Waals surface area contributed by atoms with Crippen molar-refractivity contribution in [3.05, 3.63) is 22.7 Å². The molecule has 0 bridgehead atoms. The van der Waals surface area contributed by atoms with Gasteiger partial charge in [0.25, 0.3) is 0 Å². The van der Waals surface area contributed by atoms with E-state index < -0.39 is 12.0 Å². The number of hydrogen-bond acceptors (Lipinski definition) is 7. The molecule has 8 nitrogen and oxygen atoms in total. The number of hydrogen-bond donors (Lipinski definition) is 1. The number of nitrogens with zero attached hydrogens (tertiary/aromatic N) is 1. The van der Waals surface area contributed by atoms with Gasteiger partial charge in [0.1, 0.15) is 0 Å². The van der Waals surface area contributed by atoms with E-state index in [2.05, 4.69) is 0 Å². The molecule has 0 aromatic heterocycles. The number of carbonyl (C=O) groups is 4. The summed E-state index contributed by atoms with van der Waals surface area (Å²) in [6, 6.07) is -0.950. The minimum atomic E-state index is -1.05. The lowest BCUT2D eigenvalue weighted by Crippen LogP contribution is -2.43. The fraction of sp³-hybridized carbons (Fsp3) is 0.625. The first-order chi connectivity index (χ1) is 15.7. The summed E-state index contributed by atoms with van der Waals surface area (Å²) in [5, 5.41) is 9.26. The average molecular weight is 480 g/mol. The molecule has 182 valence electrons. The van der Waals surface area contributed by atoms with E-state index >= 15 is 0 Å². The summed E-state index contributed by atoms with van der Waals surface area (Å²) in [6.07, 6.45) is 7.71. The second-order valence-electron chi connectivity index (χ2n) is 8.35. The summed E-state index contributed by atoms with van der Waals surface area (Å²) < 4.78 is 10.1. The topological polar surface area (TPSA) is 110 Å². The minimum absolute atomic E-state index is 0.0249. The van der Waals surface area contributed by atoms with Crippen LogP contribution in [-0.4, -0.2) is 65.1 Å². The zero-order valence-corrected chi connectivity index (χ0v) is 20.4. The largest absolute Gasteiger partial charge is 0.489 e. The third-order valence-electron chi connectivity index (χ3n) is 6.18. The number of thiocarbonyl (C=S) groups is 1. The first-order valence-corrected chi connectivity index (χ1v) is 11.8. The molecule has 2 rings (SSSR count). The van der Waals surface area contributed by atoms with E-state index in [0.717, 1.165) is 44.9 Å². The first-order valence-electron chi connectivity index (χ1n) is 11.4. The van der Waals surface area contributed by atoms with Gasteiger partial charge in [0.2, 0.25) is 29.0 Å². The zero-order valence-electron chi connectivity index (χ0n) is 19.6. The summed E-state index contributed by atoms with van der Waals surface area (Å²) in [4.78, 5) is 50.4. The van der Waals surface area contributed by atoms with Gasteiger partial charge in [-0.15, -0.1) is 0 Å². The number of rotatable bonds is 13. The maximum Gasteiger partial charge on any atom is 0.331 e. The number of amides is 1. The quantitative estimate of drug-likeness (QED) is 0.243. The summed E-state index contributed by atoms with van der Waals surface area (Å²) in [6.45, 7) is 2.05. The molecule has 0 aromatic rings. The maximum absolute atomic E-state index is 12.6. The molecule has 0 saturated carbocycles. The predicted octanol–water partition coefficient (Wildman–Crippen LogP) is 3.53. The molecule has 1 fully saturated rings. The molecule has 1 saturated heterocycles. The number of ether oxygens (including phenoxy) is 2. The van der Waals surface area contributed by atoms with Crippen LogP contribution in [-0.2, 0) is 28.7 Å². The first kappa shape index (κ1) is 26.7. The van der Waals surface area contributed by atoms with Gasteiger partial charge >= 0.3 is 5.97 Å². The van der Waals surface area contributed by atoms with Gasteiger partial charge in [-0.1, -0.05) is 44.3 Å². The summed E-state index contributed by atoms with van der Waals surface area (Å²) >= 11 is 5.07. The third-order valence-corrected chi connectivity index (χ3v) is 6.61. The van der Waals surface area contributed by atoms with Crippen molar-refractivity contribution in [1.29, 1.82) is 0 Å². The Hall–Kier alpha value is -2.55. The van der Waals surface area contributed by atoms with Crippen LogP contribution in [0.4, 0.5) is 0 Å². The van der Waals surface area contributed by atoms with Crippen LogP contribution in [0.5, 0.6) is 0 Å². The lowest BCUT2D eigenvalue weighted by molar-refractivity contribution is -0.146. The molecule has 0 unspecified atom stereocenters. The molecular formula is C24H33NO7S. The Morgan fingerprint density at radius 1 is 0.970 bits per heavy atom. The Morgan fingerprint density at radius 2 is 1.52 bits per heavy atom. The predicted molar refractivity (Wildman–Crippen MR) is 126 cm³/mol. The van der Waals surface area contributed by atoms with Crippen molar-refractivity contribution in [2.24, 2.45) is 0 Å². The van der Waals surface area contributed by atoms with Gasteiger partial charge in [0, 0.05) is 29.0 Å². The minimum Gasteiger partial charge on any atom is -0.489 e. The number of likely N-dealkylation sites (tertiary alicyclic amines) is 1. The van der Waals surface area contributed by atoms with Gasteiger partial charge < -0.3 is 19.5 Å². The number of carboxylic acid groups (broad SMARTS) is 1. The molecule has 1 amide bonds. The molecule has 1 heterocycles. The number of unbranched alkanes of at least 4 members (excludes halogenated alkanes) is 6. The Labute approximate surface area is 200 Å². The van der Waals surface area contributed by atoms with Crippen molar-refractivity contribution in [2.45, 2.75) is 77.2 Å². The van der Waals surface area contributed by atoms with Gasteiger partial charge in [-0.25, -0.2) is 4.79 Å². The van der Waals surface area contributed by atoms with Crippen LogP contribution in [0.25, 0.3) is 0 Å². The van der Waals surface area contributed by atoms with Crippen LogP contribution < -0.4 is 0 Å². The van der Waals surface area contributed by atoms with Gasteiger partial charge in [-0.3, -0.25) is 14.4 Å². The maximum atomic E-state index is 12.6. The van der Waals surface area contributed by atoms with Gasteiger partial charge in [0.05, 0.1) is 14.2 Å². The molecule has 2 aliphatic rings. The van der Waals surface area contributed by atoms with Crippen molar-refractivity contribution in [1.82, 2.24) is 4.90 Å². The second kappa shape index (κ2) is 12.6. The van der Waals surface area contributed by atoms with Crippen LogP contribution >= 0.6 is 12.2 Å². The second-order valence-corrected chi connectivity index (χ2v) is 8.87. The van der Waals surface area contributed by atoms with Crippen molar-refractivity contribution in [2.75, 3.05) is 20.8 Å². The van der Waals surface area contributed by atoms with Gasteiger partial charge in [-0.05, 0) is 32.6 Å². The van der Waals surface area contributed by atoms with Crippen molar-refractivity contribution in [3.63, 3.8) is 0 Å². The SMILES string of the molecule is COC1=C(OC)C(=O)C(CCCCCCCCCC(=O)N2CCC(=S)[C@H]2C(=O)O)=C(C)C1=O. The van der Waals surface area contributed by atoms with Crippen molar-refractivity contribution >= 4 is 40.5 Å². The number of carboxylic acids is 1. The lowest BCUT2D eigenvalue weighted by Gasteiger charge is -2.21. The molecule has 1 N–H and O–H groups in total. The van der Waals surface area contributed by atoms with Gasteiger partial charge in [-0.2, -0.15) is 0 Å². The van der Waals surface area contributed by atoms with E-state index in [1.54, 1.807) is 6.92 Å². The van der Waals surface area contributed by atoms with Crippen LogP contribution in [0.2, 0.25) is 0 Å². The number of carbonyl (C=O) groups excluding carboxylic acids is 3. The van der Waals surface area contributed by atoms with E-state index in [0.29, 0.717) is 41.8 Å². The number of allylic oxidation sites excluding steroid dienone is 2. The molecule has 0 aromatic carbocycles.